The Labute approximate surface area is 104 Å². The van der Waals surface area contributed by atoms with Crippen LogP contribution < -0.4 is 0 Å². The number of aromatic nitrogens is 1. The maximum absolute atomic E-state index is 9.12. The van der Waals surface area contributed by atoms with Gasteiger partial charge in [0.2, 0.25) is 5.89 Å². The van der Waals surface area contributed by atoms with Gasteiger partial charge in [-0.1, -0.05) is 13.8 Å². The number of aliphatic hydroxyl groups is 1. The molecule has 1 aromatic heterocycles. The third kappa shape index (κ3) is 3.82. The molecule has 0 aliphatic rings. The Hall–Kier alpha value is -0.870. The Balaban J connectivity index is 2.71. The number of oxazole rings is 1. The number of aliphatic hydroxyl groups excluding tert-OH is 1. The van der Waals surface area contributed by atoms with E-state index >= 15 is 0 Å². The zero-order valence-corrected chi connectivity index (χ0v) is 11.4. The highest BCUT2D eigenvalue weighted by Crippen LogP contribution is 2.15. The molecule has 0 radical (unpaired) electrons. The van der Waals surface area contributed by atoms with Gasteiger partial charge in [0.15, 0.2) is 0 Å². The van der Waals surface area contributed by atoms with E-state index in [9.17, 15) is 0 Å². The second kappa shape index (κ2) is 6.77. The van der Waals surface area contributed by atoms with Crippen LogP contribution in [0.1, 0.15) is 44.0 Å². The molecule has 0 bridgehead atoms. The van der Waals surface area contributed by atoms with E-state index in [1.807, 2.05) is 13.8 Å². The molecule has 1 N–H and O–H groups in total. The molecular weight excluding hydrogens is 216 g/mol. The molecule has 17 heavy (non-hydrogen) atoms. The van der Waals surface area contributed by atoms with E-state index in [1.54, 1.807) is 0 Å². The van der Waals surface area contributed by atoms with E-state index in [-0.39, 0.29) is 6.61 Å². The molecule has 0 aliphatic carbocycles. The van der Waals surface area contributed by atoms with Crippen molar-refractivity contribution in [1.29, 1.82) is 0 Å². The van der Waals surface area contributed by atoms with Gasteiger partial charge in [-0.3, -0.25) is 4.90 Å². The first-order chi connectivity index (χ1) is 8.12. The summed E-state index contributed by atoms with van der Waals surface area (Å²) in [6.45, 7) is 9.76. The molecule has 0 saturated carbocycles. The fraction of sp³-hybridized carbons (Fsp3) is 0.769. The predicted molar refractivity (Wildman–Crippen MR) is 67.8 cm³/mol. The maximum atomic E-state index is 9.12. The first-order valence-corrected chi connectivity index (χ1v) is 6.40. The van der Waals surface area contributed by atoms with Crippen LogP contribution in [0.4, 0.5) is 0 Å². The van der Waals surface area contributed by atoms with Crippen LogP contribution in [0.3, 0.4) is 0 Å². The molecule has 1 heterocycles. The molecule has 0 fully saturated rings. The average Bonchev–Trinajstić information content (AvgIpc) is 2.60. The van der Waals surface area contributed by atoms with Gasteiger partial charge in [0.1, 0.15) is 5.76 Å². The minimum absolute atomic E-state index is 0.176. The Bertz CT molecular complexity index is 313. The zero-order valence-electron chi connectivity index (χ0n) is 11.4. The van der Waals surface area contributed by atoms with Gasteiger partial charge < -0.3 is 9.52 Å². The summed E-state index contributed by atoms with van der Waals surface area (Å²) < 4.78 is 5.60. The highest BCUT2D eigenvalue weighted by atomic mass is 16.4. The van der Waals surface area contributed by atoms with Crippen molar-refractivity contribution in [1.82, 2.24) is 9.88 Å². The molecule has 1 rings (SSSR count). The third-order valence-electron chi connectivity index (χ3n) is 3.26. The standard InChI is InChI=1S/C13H24N2O2/c1-5-12(6-2)15(7-8-16)9-13-14-10(3)11(4)17-13/h12,16H,5-9H2,1-4H3. The summed E-state index contributed by atoms with van der Waals surface area (Å²) in [5.74, 6) is 1.63. The van der Waals surface area contributed by atoms with Crippen molar-refractivity contribution in [3.05, 3.63) is 17.3 Å². The summed E-state index contributed by atoms with van der Waals surface area (Å²) in [6, 6.07) is 0.481. The van der Waals surface area contributed by atoms with Crippen LogP contribution in [0, 0.1) is 13.8 Å². The molecule has 0 saturated heterocycles. The van der Waals surface area contributed by atoms with Crippen LogP contribution in [0.2, 0.25) is 0 Å². The van der Waals surface area contributed by atoms with E-state index in [1.165, 1.54) is 0 Å². The zero-order chi connectivity index (χ0) is 12.8. The largest absolute Gasteiger partial charge is 0.444 e. The molecule has 0 aromatic carbocycles. The van der Waals surface area contributed by atoms with Gasteiger partial charge in [-0.15, -0.1) is 0 Å². The second-order valence-corrected chi connectivity index (χ2v) is 4.41. The first-order valence-electron chi connectivity index (χ1n) is 6.40. The molecule has 4 heteroatoms. The lowest BCUT2D eigenvalue weighted by molar-refractivity contribution is 0.125. The van der Waals surface area contributed by atoms with Crippen molar-refractivity contribution in [2.75, 3.05) is 13.2 Å². The lowest BCUT2D eigenvalue weighted by Crippen LogP contribution is -2.36. The van der Waals surface area contributed by atoms with Gasteiger partial charge >= 0.3 is 0 Å². The number of hydrogen-bond donors (Lipinski definition) is 1. The molecule has 0 aliphatic heterocycles. The number of hydrogen-bond acceptors (Lipinski definition) is 4. The Morgan fingerprint density at radius 1 is 1.29 bits per heavy atom. The Morgan fingerprint density at radius 2 is 1.94 bits per heavy atom. The highest BCUT2D eigenvalue weighted by molar-refractivity contribution is 5.05. The van der Waals surface area contributed by atoms with Gasteiger partial charge in [-0.25, -0.2) is 4.98 Å². The average molecular weight is 240 g/mol. The van der Waals surface area contributed by atoms with Crippen LogP contribution in [0.25, 0.3) is 0 Å². The van der Waals surface area contributed by atoms with Gasteiger partial charge in [0.05, 0.1) is 18.8 Å². The molecular formula is C13H24N2O2. The number of rotatable bonds is 7. The molecule has 0 amide bonds. The number of aryl methyl sites for hydroxylation is 2. The van der Waals surface area contributed by atoms with Gasteiger partial charge in [0.25, 0.3) is 0 Å². The third-order valence-corrected chi connectivity index (χ3v) is 3.26. The van der Waals surface area contributed by atoms with Gasteiger partial charge in [0, 0.05) is 12.6 Å². The number of nitrogens with zero attached hydrogens (tertiary/aromatic N) is 2. The fourth-order valence-electron chi connectivity index (χ4n) is 2.10. The Morgan fingerprint density at radius 3 is 2.35 bits per heavy atom. The van der Waals surface area contributed by atoms with E-state index in [4.69, 9.17) is 9.52 Å². The second-order valence-electron chi connectivity index (χ2n) is 4.41. The van der Waals surface area contributed by atoms with E-state index in [0.29, 0.717) is 19.1 Å². The molecule has 98 valence electrons. The van der Waals surface area contributed by atoms with Crippen molar-refractivity contribution in [2.24, 2.45) is 0 Å². The predicted octanol–water partition coefficient (Wildman–Crippen LogP) is 2.27. The lowest BCUT2D eigenvalue weighted by atomic mass is 10.1. The lowest BCUT2D eigenvalue weighted by Gasteiger charge is -2.28. The summed E-state index contributed by atoms with van der Waals surface area (Å²) in [5, 5.41) is 9.12. The minimum atomic E-state index is 0.176. The van der Waals surface area contributed by atoms with Crippen LogP contribution in [0.5, 0.6) is 0 Å². The van der Waals surface area contributed by atoms with Gasteiger partial charge in [-0.2, -0.15) is 0 Å². The molecule has 1 aromatic rings. The van der Waals surface area contributed by atoms with Crippen LogP contribution in [0.15, 0.2) is 4.42 Å². The summed E-state index contributed by atoms with van der Waals surface area (Å²) in [7, 11) is 0. The fourth-order valence-corrected chi connectivity index (χ4v) is 2.10. The van der Waals surface area contributed by atoms with Crippen LogP contribution in [-0.2, 0) is 6.54 Å². The molecule has 0 unspecified atom stereocenters. The van der Waals surface area contributed by atoms with Crippen LogP contribution >= 0.6 is 0 Å². The summed E-state index contributed by atoms with van der Waals surface area (Å²) in [5.41, 5.74) is 0.952. The van der Waals surface area contributed by atoms with Crippen molar-refractivity contribution < 1.29 is 9.52 Å². The summed E-state index contributed by atoms with van der Waals surface area (Å²) in [6.07, 6.45) is 2.16. The quantitative estimate of drug-likeness (QED) is 0.794. The van der Waals surface area contributed by atoms with E-state index < -0.39 is 0 Å². The van der Waals surface area contributed by atoms with Crippen molar-refractivity contribution >= 4 is 0 Å². The summed E-state index contributed by atoms with van der Waals surface area (Å²) in [4.78, 5) is 6.63. The summed E-state index contributed by atoms with van der Waals surface area (Å²) >= 11 is 0. The van der Waals surface area contributed by atoms with E-state index in [0.717, 1.165) is 30.2 Å². The normalized spacial score (nSPS) is 11.7. The van der Waals surface area contributed by atoms with E-state index in [2.05, 4.69) is 23.7 Å². The van der Waals surface area contributed by atoms with Crippen molar-refractivity contribution in [3.8, 4) is 0 Å². The van der Waals surface area contributed by atoms with Gasteiger partial charge in [-0.05, 0) is 26.7 Å². The van der Waals surface area contributed by atoms with Crippen LogP contribution in [-0.4, -0.2) is 34.2 Å². The minimum Gasteiger partial charge on any atom is -0.444 e. The SMILES string of the molecule is CCC(CC)N(CCO)Cc1nc(C)c(C)o1. The monoisotopic (exact) mass is 240 g/mol. The molecule has 4 nitrogen and oxygen atoms in total. The maximum Gasteiger partial charge on any atom is 0.208 e. The molecule has 0 spiro atoms. The molecule has 0 atom stereocenters. The Kier molecular flexibility index (Phi) is 5.65. The van der Waals surface area contributed by atoms with Crippen molar-refractivity contribution in [3.63, 3.8) is 0 Å². The highest BCUT2D eigenvalue weighted by Gasteiger charge is 2.17. The topological polar surface area (TPSA) is 49.5 Å². The smallest absolute Gasteiger partial charge is 0.208 e. The first kappa shape index (κ1) is 14.2. The van der Waals surface area contributed by atoms with Crippen molar-refractivity contribution in [2.45, 2.75) is 53.1 Å².